The molecular weight excluding hydrogens is 178 g/mol. The second-order valence-corrected chi connectivity index (χ2v) is 7.80. The van der Waals surface area contributed by atoms with Crippen LogP contribution in [-0.4, -0.2) is 28.1 Å². The molecule has 0 aliphatic heterocycles. The van der Waals surface area contributed by atoms with E-state index < -0.39 is 0 Å². The van der Waals surface area contributed by atoms with Crippen LogP contribution in [0.1, 0.15) is 41.5 Å². The predicted molar refractivity (Wildman–Crippen MR) is 67.6 cm³/mol. The molecule has 2 heteroatoms. The highest BCUT2D eigenvalue weighted by atomic mass is 32.2. The van der Waals surface area contributed by atoms with Gasteiger partial charge in [0.2, 0.25) is 0 Å². The highest BCUT2D eigenvalue weighted by Crippen LogP contribution is 2.28. The van der Waals surface area contributed by atoms with E-state index in [-0.39, 0.29) is 16.0 Å². The van der Waals surface area contributed by atoms with Gasteiger partial charge in [-0.25, -0.2) is 0 Å². The molecule has 1 nitrogen and oxygen atoms in total. The van der Waals surface area contributed by atoms with Gasteiger partial charge in [0.25, 0.3) is 0 Å². The largest absolute Gasteiger partial charge is 0.291 e. The van der Waals surface area contributed by atoms with Crippen molar-refractivity contribution in [1.82, 2.24) is 0 Å². The van der Waals surface area contributed by atoms with Gasteiger partial charge in [-0.15, -0.1) is 0 Å². The summed E-state index contributed by atoms with van der Waals surface area (Å²) in [5, 5.41) is 0. The summed E-state index contributed by atoms with van der Waals surface area (Å²) in [5.41, 5.74) is 0.0576. The Morgan fingerprint density at radius 1 is 1.15 bits per heavy atom. The quantitative estimate of drug-likeness (QED) is 0.480. The molecule has 0 amide bonds. The molecule has 1 atom stereocenters. The zero-order valence-electron chi connectivity index (χ0n) is 9.85. The van der Waals surface area contributed by atoms with Crippen molar-refractivity contribution in [3.8, 4) is 0 Å². The Bertz CT molecular complexity index is 203. The normalized spacial score (nSPS) is 16.5. The van der Waals surface area contributed by atoms with Gasteiger partial charge >= 0.3 is 0 Å². The number of nitrogens with zero attached hydrogens (tertiary/aromatic N) is 1. The SMILES string of the molecule is C=S(C/C=N\C(C)(C)C)C(C)(C)C. The van der Waals surface area contributed by atoms with Crippen LogP contribution in [0.25, 0.3) is 0 Å². The zero-order valence-corrected chi connectivity index (χ0v) is 10.7. The minimum Gasteiger partial charge on any atom is -0.291 e. The lowest BCUT2D eigenvalue weighted by Crippen LogP contribution is -2.14. The topological polar surface area (TPSA) is 12.4 Å². The smallest absolute Gasteiger partial charge is 0.0520 e. The molecule has 0 aromatic heterocycles. The lowest BCUT2D eigenvalue weighted by molar-refractivity contribution is 0.586. The average Bonchev–Trinajstić information content (AvgIpc) is 1.82. The summed E-state index contributed by atoms with van der Waals surface area (Å²) in [5.74, 6) is 5.17. The first-order chi connectivity index (χ1) is 5.63. The van der Waals surface area contributed by atoms with Crippen molar-refractivity contribution >= 4 is 22.6 Å². The van der Waals surface area contributed by atoms with E-state index in [0.717, 1.165) is 5.75 Å². The van der Waals surface area contributed by atoms with Gasteiger partial charge in [0, 0.05) is 16.7 Å². The van der Waals surface area contributed by atoms with Crippen LogP contribution in [0.5, 0.6) is 0 Å². The fraction of sp³-hybridized carbons (Fsp3) is 0.818. The van der Waals surface area contributed by atoms with E-state index >= 15 is 0 Å². The molecule has 0 aliphatic rings. The second-order valence-electron chi connectivity index (χ2n) is 5.25. The third kappa shape index (κ3) is 7.00. The van der Waals surface area contributed by atoms with E-state index in [4.69, 9.17) is 0 Å². The van der Waals surface area contributed by atoms with Crippen molar-refractivity contribution in [1.29, 1.82) is 0 Å². The maximum absolute atomic E-state index is 4.45. The fourth-order valence-electron chi connectivity index (χ4n) is 0.651. The third-order valence-corrected chi connectivity index (χ3v) is 3.90. The minimum atomic E-state index is 0.0576. The van der Waals surface area contributed by atoms with Gasteiger partial charge < -0.3 is 0 Å². The molecule has 0 saturated heterocycles. The lowest BCUT2D eigenvalue weighted by Gasteiger charge is -2.22. The summed E-state index contributed by atoms with van der Waals surface area (Å²) in [6.45, 7) is 13.0. The van der Waals surface area contributed by atoms with Crippen molar-refractivity contribution in [2.24, 2.45) is 4.99 Å². The Hall–Kier alpha value is -0.110. The molecular formula is C11H23NS. The Morgan fingerprint density at radius 3 is 1.92 bits per heavy atom. The van der Waals surface area contributed by atoms with Gasteiger partial charge in [0.1, 0.15) is 0 Å². The maximum Gasteiger partial charge on any atom is 0.0520 e. The molecule has 1 unspecified atom stereocenters. The summed E-state index contributed by atoms with van der Waals surface area (Å²) in [7, 11) is 0.179. The molecule has 0 N–H and O–H groups in total. The van der Waals surface area contributed by atoms with E-state index in [1.165, 1.54) is 0 Å². The molecule has 0 fully saturated rings. The van der Waals surface area contributed by atoms with E-state index in [9.17, 15) is 0 Å². The van der Waals surface area contributed by atoms with Crippen LogP contribution in [0.2, 0.25) is 0 Å². The summed E-state index contributed by atoms with van der Waals surface area (Å²) < 4.78 is 0.309. The standard InChI is InChI=1S/C11H23NS/c1-10(2,3)12-8-9-13(7)11(4,5)6/h8H,7,9H2,1-6H3/b12-8-. The average molecular weight is 201 g/mol. The van der Waals surface area contributed by atoms with E-state index in [0.29, 0.717) is 4.75 Å². The van der Waals surface area contributed by atoms with Gasteiger partial charge in [-0.1, -0.05) is 26.6 Å². The first-order valence-electron chi connectivity index (χ1n) is 4.67. The Kier molecular flexibility index (Phi) is 4.37. The Balaban J connectivity index is 4.06. The van der Waals surface area contributed by atoms with Crippen LogP contribution in [0.4, 0.5) is 0 Å². The van der Waals surface area contributed by atoms with Gasteiger partial charge in [-0.2, -0.15) is 10.5 Å². The number of hydrogen-bond acceptors (Lipinski definition) is 1. The van der Waals surface area contributed by atoms with Crippen molar-refractivity contribution in [3.05, 3.63) is 0 Å². The van der Waals surface area contributed by atoms with Crippen LogP contribution in [0.15, 0.2) is 4.99 Å². The highest BCUT2D eigenvalue weighted by molar-refractivity contribution is 8.15. The molecule has 0 aromatic carbocycles. The molecule has 0 aliphatic carbocycles. The molecule has 0 rings (SSSR count). The minimum absolute atomic E-state index is 0.0576. The van der Waals surface area contributed by atoms with Crippen LogP contribution in [0, 0.1) is 0 Å². The summed E-state index contributed by atoms with van der Waals surface area (Å²) in [4.78, 5) is 4.45. The van der Waals surface area contributed by atoms with Crippen LogP contribution >= 0.6 is 10.5 Å². The molecule has 0 heterocycles. The van der Waals surface area contributed by atoms with Crippen LogP contribution in [-0.2, 0) is 0 Å². The van der Waals surface area contributed by atoms with Crippen LogP contribution < -0.4 is 0 Å². The van der Waals surface area contributed by atoms with Crippen molar-refractivity contribution in [3.63, 3.8) is 0 Å². The highest BCUT2D eigenvalue weighted by Gasteiger charge is 2.12. The molecule has 0 spiro atoms. The van der Waals surface area contributed by atoms with E-state index in [2.05, 4.69) is 52.4 Å². The summed E-state index contributed by atoms with van der Waals surface area (Å²) in [6.07, 6.45) is 2.03. The van der Waals surface area contributed by atoms with Gasteiger partial charge in [-0.3, -0.25) is 4.99 Å². The first kappa shape index (κ1) is 12.9. The Morgan fingerprint density at radius 2 is 1.62 bits per heavy atom. The Labute approximate surface area is 85.6 Å². The second kappa shape index (κ2) is 4.41. The van der Waals surface area contributed by atoms with E-state index in [1.54, 1.807) is 0 Å². The van der Waals surface area contributed by atoms with Crippen molar-refractivity contribution in [2.75, 3.05) is 5.75 Å². The maximum atomic E-state index is 4.45. The molecule has 0 aromatic rings. The molecule has 0 saturated carbocycles. The molecule has 13 heavy (non-hydrogen) atoms. The summed E-state index contributed by atoms with van der Waals surface area (Å²) in [6, 6.07) is 0. The van der Waals surface area contributed by atoms with Crippen molar-refractivity contribution in [2.45, 2.75) is 51.8 Å². The van der Waals surface area contributed by atoms with E-state index in [1.807, 2.05) is 6.21 Å². The molecule has 0 bridgehead atoms. The number of hydrogen-bond donors (Lipinski definition) is 0. The first-order valence-corrected chi connectivity index (χ1v) is 6.23. The lowest BCUT2D eigenvalue weighted by atomic mass is 10.1. The fourth-order valence-corrected chi connectivity index (χ4v) is 1.41. The number of rotatable bonds is 2. The molecule has 78 valence electrons. The zero-order chi connectivity index (χ0) is 10.7. The molecule has 0 radical (unpaired) electrons. The summed E-state index contributed by atoms with van der Waals surface area (Å²) >= 11 is 0. The van der Waals surface area contributed by atoms with Gasteiger partial charge in [-0.05, 0) is 20.8 Å². The number of aliphatic imine (C=N–C) groups is 1. The predicted octanol–water partition coefficient (Wildman–Crippen LogP) is 3.36. The third-order valence-electron chi connectivity index (χ3n) is 1.62. The van der Waals surface area contributed by atoms with Crippen LogP contribution in [0.3, 0.4) is 0 Å². The van der Waals surface area contributed by atoms with Gasteiger partial charge in [0.15, 0.2) is 0 Å². The van der Waals surface area contributed by atoms with Gasteiger partial charge in [0.05, 0.1) is 5.54 Å². The van der Waals surface area contributed by atoms with Crippen molar-refractivity contribution < 1.29 is 0 Å². The monoisotopic (exact) mass is 201 g/mol.